The number of hydrogen-bond donors (Lipinski definition) is 2. The molecular formula is C14H14F3N3O2. The van der Waals surface area contributed by atoms with Crippen molar-refractivity contribution < 1.29 is 22.7 Å². The van der Waals surface area contributed by atoms with Crippen LogP contribution in [0.4, 0.5) is 18.9 Å². The SMILES string of the molecule is CCCc1cc(C(=O)Nc2ccc(OC(F)(F)F)cc2)n[nH]1. The zero-order valence-corrected chi connectivity index (χ0v) is 11.7. The summed E-state index contributed by atoms with van der Waals surface area (Å²) in [5.41, 5.74) is 1.42. The van der Waals surface area contributed by atoms with E-state index in [1.54, 1.807) is 6.07 Å². The number of benzene rings is 1. The van der Waals surface area contributed by atoms with E-state index >= 15 is 0 Å². The molecule has 22 heavy (non-hydrogen) atoms. The Kier molecular flexibility index (Phi) is 4.69. The van der Waals surface area contributed by atoms with E-state index in [0.717, 1.165) is 30.7 Å². The number of rotatable bonds is 5. The van der Waals surface area contributed by atoms with Crippen molar-refractivity contribution in [1.82, 2.24) is 10.2 Å². The summed E-state index contributed by atoms with van der Waals surface area (Å²) in [5, 5.41) is 9.18. The highest BCUT2D eigenvalue weighted by molar-refractivity contribution is 6.02. The van der Waals surface area contributed by atoms with E-state index in [2.05, 4.69) is 20.3 Å². The number of nitrogens with one attached hydrogen (secondary N) is 2. The molecule has 2 aromatic rings. The molecule has 1 aromatic carbocycles. The molecule has 8 heteroatoms. The second kappa shape index (κ2) is 6.50. The van der Waals surface area contributed by atoms with Gasteiger partial charge in [-0.05, 0) is 36.8 Å². The highest BCUT2D eigenvalue weighted by atomic mass is 19.4. The molecule has 0 atom stereocenters. The second-order valence-corrected chi connectivity index (χ2v) is 4.55. The van der Waals surface area contributed by atoms with Crippen LogP contribution in [0.3, 0.4) is 0 Å². The Hall–Kier alpha value is -2.51. The summed E-state index contributed by atoms with van der Waals surface area (Å²) in [7, 11) is 0. The summed E-state index contributed by atoms with van der Waals surface area (Å²) >= 11 is 0. The lowest BCUT2D eigenvalue weighted by Crippen LogP contribution is -2.17. The number of aromatic amines is 1. The molecular weight excluding hydrogens is 299 g/mol. The topological polar surface area (TPSA) is 67.0 Å². The smallest absolute Gasteiger partial charge is 0.406 e. The molecule has 2 N–H and O–H groups in total. The van der Waals surface area contributed by atoms with Gasteiger partial charge in [0.25, 0.3) is 5.91 Å². The fourth-order valence-electron chi connectivity index (χ4n) is 1.81. The van der Waals surface area contributed by atoms with Crippen molar-refractivity contribution >= 4 is 11.6 Å². The van der Waals surface area contributed by atoms with E-state index in [1.165, 1.54) is 12.1 Å². The van der Waals surface area contributed by atoms with E-state index < -0.39 is 12.3 Å². The molecule has 0 radical (unpaired) electrons. The number of anilines is 1. The van der Waals surface area contributed by atoms with Gasteiger partial charge in [0.1, 0.15) is 5.75 Å². The summed E-state index contributed by atoms with van der Waals surface area (Å²) in [4.78, 5) is 11.9. The van der Waals surface area contributed by atoms with Crippen LogP contribution in [0.25, 0.3) is 0 Å². The minimum atomic E-state index is -4.74. The number of H-pyrrole nitrogens is 1. The normalized spacial score (nSPS) is 11.3. The van der Waals surface area contributed by atoms with Gasteiger partial charge < -0.3 is 10.1 Å². The number of carbonyl (C=O) groups excluding carboxylic acids is 1. The Bertz CT molecular complexity index is 636. The molecule has 0 saturated carbocycles. The molecule has 0 saturated heterocycles. The first kappa shape index (κ1) is 15.9. The van der Waals surface area contributed by atoms with Crippen molar-refractivity contribution in [2.24, 2.45) is 0 Å². The molecule has 0 fully saturated rings. The Morgan fingerprint density at radius 2 is 2.00 bits per heavy atom. The van der Waals surface area contributed by atoms with E-state index in [1.807, 2.05) is 6.92 Å². The summed E-state index contributed by atoms with van der Waals surface area (Å²) < 4.78 is 39.9. The number of ether oxygens (including phenoxy) is 1. The molecule has 2 rings (SSSR count). The molecule has 0 bridgehead atoms. The minimum Gasteiger partial charge on any atom is -0.406 e. The maximum Gasteiger partial charge on any atom is 0.573 e. The third-order valence-electron chi connectivity index (χ3n) is 2.73. The average molecular weight is 313 g/mol. The Morgan fingerprint density at radius 1 is 1.32 bits per heavy atom. The van der Waals surface area contributed by atoms with Crippen LogP contribution >= 0.6 is 0 Å². The van der Waals surface area contributed by atoms with Crippen molar-refractivity contribution in [2.45, 2.75) is 26.1 Å². The van der Waals surface area contributed by atoms with Gasteiger partial charge in [0, 0.05) is 11.4 Å². The van der Waals surface area contributed by atoms with Gasteiger partial charge in [-0.1, -0.05) is 13.3 Å². The van der Waals surface area contributed by atoms with Gasteiger partial charge in [0.05, 0.1) is 0 Å². The van der Waals surface area contributed by atoms with E-state index in [0.29, 0.717) is 5.69 Å². The van der Waals surface area contributed by atoms with Gasteiger partial charge in [-0.3, -0.25) is 9.89 Å². The molecule has 0 aliphatic carbocycles. The third kappa shape index (κ3) is 4.51. The van der Waals surface area contributed by atoms with Crippen molar-refractivity contribution in [3.05, 3.63) is 41.7 Å². The lowest BCUT2D eigenvalue weighted by molar-refractivity contribution is -0.274. The molecule has 1 aromatic heterocycles. The van der Waals surface area contributed by atoms with Crippen LogP contribution in [0.1, 0.15) is 29.5 Å². The molecule has 5 nitrogen and oxygen atoms in total. The summed E-state index contributed by atoms with van der Waals surface area (Å²) in [6.45, 7) is 2.01. The number of carbonyl (C=O) groups is 1. The molecule has 118 valence electrons. The molecule has 0 spiro atoms. The van der Waals surface area contributed by atoms with Crippen LogP contribution in [0.2, 0.25) is 0 Å². The van der Waals surface area contributed by atoms with Crippen molar-refractivity contribution in [2.75, 3.05) is 5.32 Å². The van der Waals surface area contributed by atoms with Gasteiger partial charge in [-0.15, -0.1) is 13.2 Å². The standard InChI is InChI=1S/C14H14F3N3O2/c1-2-3-10-8-12(20-19-10)13(21)18-9-4-6-11(7-5-9)22-14(15,16)17/h4-8H,2-3H2,1H3,(H,18,21)(H,19,20). The lowest BCUT2D eigenvalue weighted by atomic mass is 10.2. The van der Waals surface area contributed by atoms with E-state index in [4.69, 9.17) is 0 Å². The largest absolute Gasteiger partial charge is 0.573 e. The van der Waals surface area contributed by atoms with Crippen LogP contribution < -0.4 is 10.1 Å². The van der Waals surface area contributed by atoms with Gasteiger partial charge in [0.15, 0.2) is 5.69 Å². The van der Waals surface area contributed by atoms with Crippen molar-refractivity contribution in [3.8, 4) is 5.75 Å². The first-order valence-corrected chi connectivity index (χ1v) is 6.59. The first-order valence-electron chi connectivity index (χ1n) is 6.59. The highest BCUT2D eigenvalue weighted by Crippen LogP contribution is 2.24. The van der Waals surface area contributed by atoms with Crippen molar-refractivity contribution in [1.29, 1.82) is 0 Å². The maximum absolute atomic E-state index is 12.0. The Morgan fingerprint density at radius 3 is 2.59 bits per heavy atom. The number of aromatic nitrogens is 2. The fourth-order valence-corrected chi connectivity index (χ4v) is 1.81. The summed E-state index contributed by atoms with van der Waals surface area (Å²) in [6.07, 6.45) is -3.04. The lowest BCUT2D eigenvalue weighted by Gasteiger charge is -2.09. The quantitative estimate of drug-likeness (QED) is 0.887. The fraction of sp³-hybridized carbons (Fsp3) is 0.286. The highest BCUT2D eigenvalue weighted by Gasteiger charge is 2.30. The van der Waals surface area contributed by atoms with Crippen LogP contribution in [0.15, 0.2) is 30.3 Å². The number of halogens is 3. The molecule has 0 unspecified atom stereocenters. The van der Waals surface area contributed by atoms with Gasteiger partial charge in [-0.2, -0.15) is 5.10 Å². The number of nitrogens with zero attached hydrogens (tertiary/aromatic N) is 1. The summed E-state index contributed by atoms with van der Waals surface area (Å²) in [5.74, 6) is -0.793. The monoisotopic (exact) mass is 313 g/mol. The predicted octanol–water partition coefficient (Wildman–Crippen LogP) is 3.51. The molecule has 0 aliphatic heterocycles. The maximum atomic E-state index is 12.0. The van der Waals surface area contributed by atoms with E-state index in [-0.39, 0.29) is 11.4 Å². The second-order valence-electron chi connectivity index (χ2n) is 4.55. The average Bonchev–Trinajstić information content (AvgIpc) is 2.88. The minimum absolute atomic E-state index is 0.221. The van der Waals surface area contributed by atoms with E-state index in [9.17, 15) is 18.0 Å². The van der Waals surface area contributed by atoms with Crippen LogP contribution in [-0.2, 0) is 6.42 Å². The third-order valence-corrected chi connectivity index (χ3v) is 2.73. The van der Waals surface area contributed by atoms with Crippen LogP contribution in [0, 0.1) is 0 Å². The van der Waals surface area contributed by atoms with Crippen molar-refractivity contribution in [3.63, 3.8) is 0 Å². The first-order chi connectivity index (χ1) is 10.4. The molecule has 0 aliphatic rings. The number of hydrogen-bond acceptors (Lipinski definition) is 3. The van der Waals surface area contributed by atoms with Gasteiger partial charge in [-0.25, -0.2) is 0 Å². The molecule has 1 heterocycles. The van der Waals surface area contributed by atoms with Gasteiger partial charge >= 0.3 is 6.36 Å². The van der Waals surface area contributed by atoms with Crippen LogP contribution in [-0.4, -0.2) is 22.5 Å². The zero-order valence-electron chi connectivity index (χ0n) is 11.7. The predicted molar refractivity (Wildman–Crippen MR) is 73.7 cm³/mol. The Labute approximate surface area is 124 Å². The number of amides is 1. The number of aryl methyl sites for hydroxylation is 1. The number of alkyl halides is 3. The zero-order chi connectivity index (χ0) is 16.2. The Balaban J connectivity index is 1.99. The van der Waals surface area contributed by atoms with Gasteiger partial charge in [0.2, 0.25) is 0 Å². The summed E-state index contributed by atoms with van der Waals surface area (Å²) in [6, 6.07) is 6.52. The molecule has 1 amide bonds. The van der Waals surface area contributed by atoms with Crippen LogP contribution in [0.5, 0.6) is 5.75 Å².